The Kier molecular flexibility index (Phi) is 3.61. The largest absolute Gasteiger partial charge is 0.370 e. The number of rotatable bonds is 4. The number of nitrogens with zero attached hydrogens (tertiary/aromatic N) is 2. The van der Waals surface area contributed by atoms with Crippen LogP contribution < -0.4 is 0 Å². The third kappa shape index (κ3) is 2.79. The molecule has 19 heavy (non-hydrogen) atoms. The molecule has 2 aliphatic rings. The molecule has 0 bridgehead atoms. The molecule has 0 spiro atoms. The van der Waals surface area contributed by atoms with E-state index < -0.39 is 29.9 Å². The van der Waals surface area contributed by atoms with Crippen LogP contribution in [0.15, 0.2) is 12.2 Å². The maximum Gasteiger partial charge on any atom is 0.334 e. The second-order valence-electron chi connectivity index (χ2n) is 4.11. The summed E-state index contributed by atoms with van der Waals surface area (Å²) < 4.78 is 0. The van der Waals surface area contributed by atoms with Crippen LogP contribution >= 0.6 is 0 Å². The SMILES string of the molecule is O=C(CCN1C(=O)C=CC1=O)ON1C(=O)CCC1O. The summed E-state index contributed by atoms with van der Waals surface area (Å²) in [5.41, 5.74) is 0. The second-order valence-corrected chi connectivity index (χ2v) is 4.11. The van der Waals surface area contributed by atoms with E-state index in [9.17, 15) is 24.3 Å². The van der Waals surface area contributed by atoms with Crippen molar-refractivity contribution >= 4 is 23.7 Å². The van der Waals surface area contributed by atoms with Crippen molar-refractivity contribution in [2.24, 2.45) is 0 Å². The number of carbonyl (C=O) groups is 4. The third-order valence-corrected chi connectivity index (χ3v) is 2.77. The van der Waals surface area contributed by atoms with Gasteiger partial charge < -0.3 is 9.94 Å². The van der Waals surface area contributed by atoms with Crippen molar-refractivity contribution in [1.82, 2.24) is 9.96 Å². The lowest BCUT2D eigenvalue weighted by Gasteiger charge is -2.19. The first-order chi connectivity index (χ1) is 8.99. The average molecular weight is 268 g/mol. The molecule has 0 saturated carbocycles. The number of carbonyl (C=O) groups excluding carboxylic acids is 4. The summed E-state index contributed by atoms with van der Waals surface area (Å²) in [4.78, 5) is 50.7. The van der Waals surface area contributed by atoms with Crippen LogP contribution in [0.5, 0.6) is 0 Å². The average Bonchev–Trinajstić information content (AvgIpc) is 2.84. The molecule has 8 heteroatoms. The number of hydroxylamine groups is 2. The molecule has 8 nitrogen and oxygen atoms in total. The van der Waals surface area contributed by atoms with Crippen molar-refractivity contribution in [3.05, 3.63) is 12.2 Å². The van der Waals surface area contributed by atoms with Gasteiger partial charge in [0.1, 0.15) is 0 Å². The number of hydrogen-bond donors (Lipinski definition) is 1. The van der Waals surface area contributed by atoms with Gasteiger partial charge in [-0.25, -0.2) is 4.79 Å². The van der Waals surface area contributed by atoms with E-state index in [1.54, 1.807) is 0 Å². The highest BCUT2D eigenvalue weighted by Crippen LogP contribution is 2.17. The quantitative estimate of drug-likeness (QED) is 0.635. The van der Waals surface area contributed by atoms with E-state index in [4.69, 9.17) is 4.84 Å². The Balaban J connectivity index is 1.81. The fourth-order valence-corrected chi connectivity index (χ4v) is 1.77. The minimum absolute atomic E-state index is 0.113. The molecule has 0 aromatic carbocycles. The maximum atomic E-state index is 11.5. The lowest BCUT2D eigenvalue weighted by molar-refractivity contribution is -0.220. The number of hydrogen-bond acceptors (Lipinski definition) is 6. The Hall–Kier alpha value is -2.22. The first-order valence-electron chi connectivity index (χ1n) is 5.73. The number of amides is 3. The summed E-state index contributed by atoms with van der Waals surface area (Å²) >= 11 is 0. The van der Waals surface area contributed by atoms with E-state index in [1.807, 2.05) is 0 Å². The van der Waals surface area contributed by atoms with Crippen LogP contribution in [0.3, 0.4) is 0 Å². The molecule has 0 aliphatic carbocycles. The molecule has 0 aromatic heterocycles. The number of imide groups is 1. The zero-order valence-electron chi connectivity index (χ0n) is 9.94. The van der Waals surface area contributed by atoms with E-state index in [0.29, 0.717) is 5.06 Å². The van der Waals surface area contributed by atoms with Crippen LogP contribution in [0.25, 0.3) is 0 Å². The highest BCUT2D eigenvalue weighted by Gasteiger charge is 2.33. The summed E-state index contributed by atoms with van der Waals surface area (Å²) in [6, 6.07) is 0. The predicted molar refractivity (Wildman–Crippen MR) is 58.7 cm³/mol. The Bertz CT molecular complexity index is 454. The van der Waals surface area contributed by atoms with Gasteiger partial charge >= 0.3 is 5.97 Å². The molecule has 2 heterocycles. The van der Waals surface area contributed by atoms with Crippen LogP contribution in [0.2, 0.25) is 0 Å². The van der Waals surface area contributed by atoms with Gasteiger partial charge in [-0.3, -0.25) is 19.3 Å². The van der Waals surface area contributed by atoms with Gasteiger partial charge in [0.2, 0.25) is 0 Å². The normalized spacial score (nSPS) is 22.6. The van der Waals surface area contributed by atoms with Crippen molar-refractivity contribution in [1.29, 1.82) is 0 Å². The van der Waals surface area contributed by atoms with Gasteiger partial charge in [0.15, 0.2) is 6.23 Å². The lowest BCUT2D eigenvalue weighted by atomic mass is 10.4. The van der Waals surface area contributed by atoms with Crippen molar-refractivity contribution < 1.29 is 29.1 Å². The van der Waals surface area contributed by atoms with Gasteiger partial charge in [0.05, 0.1) is 6.42 Å². The standard InChI is InChI=1S/C11H12N2O6/c14-7-1-2-8(15)12(7)6-5-11(18)19-13-9(16)3-4-10(13)17/h1-2,9,16H,3-6H2. The third-order valence-electron chi connectivity index (χ3n) is 2.77. The van der Waals surface area contributed by atoms with E-state index >= 15 is 0 Å². The van der Waals surface area contributed by atoms with Crippen molar-refractivity contribution in [2.45, 2.75) is 25.5 Å². The fourth-order valence-electron chi connectivity index (χ4n) is 1.77. The highest BCUT2D eigenvalue weighted by atomic mass is 16.7. The number of aliphatic hydroxyl groups excluding tert-OH is 1. The topological polar surface area (TPSA) is 104 Å². The van der Waals surface area contributed by atoms with E-state index in [0.717, 1.165) is 17.1 Å². The fraction of sp³-hybridized carbons (Fsp3) is 0.455. The molecular weight excluding hydrogens is 256 g/mol. The summed E-state index contributed by atoms with van der Waals surface area (Å²) in [7, 11) is 0. The van der Waals surface area contributed by atoms with Crippen LogP contribution in [0.1, 0.15) is 19.3 Å². The van der Waals surface area contributed by atoms with Crippen molar-refractivity contribution in [3.63, 3.8) is 0 Å². The van der Waals surface area contributed by atoms with Gasteiger partial charge in [0, 0.05) is 31.5 Å². The van der Waals surface area contributed by atoms with E-state index in [-0.39, 0.29) is 25.8 Å². The predicted octanol–water partition coefficient (Wildman–Crippen LogP) is -1.30. The summed E-state index contributed by atoms with van der Waals surface area (Å²) in [5, 5.41) is 9.99. The molecule has 3 amide bonds. The molecule has 1 unspecified atom stereocenters. The molecule has 1 fully saturated rings. The molecule has 2 aliphatic heterocycles. The van der Waals surface area contributed by atoms with Crippen LogP contribution in [-0.4, -0.2) is 51.5 Å². The molecule has 1 N–H and O–H groups in total. The Labute approximate surface area is 108 Å². The first-order valence-corrected chi connectivity index (χ1v) is 5.73. The molecule has 1 atom stereocenters. The Morgan fingerprint density at radius 3 is 2.47 bits per heavy atom. The lowest BCUT2D eigenvalue weighted by Crippen LogP contribution is -2.37. The van der Waals surface area contributed by atoms with Crippen molar-refractivity contribution in [2.75, 3.05) is 6.54 Å². The van der Waals surface area contributed by atoms with Crippen molar-refractivity contribution in [3.8, 4) is 0 Å². The van der Waals surface area contributed by atoms with Gasteiger partial charge in [-0.2, -0.15) is 0 Å². The monoisotopic (exact) mass is 268 g/mol. The molecule has 2 rings (SSSR count). The van der Waals surface area contributed by atoms with Gasteiger partial charge in [-0.15, -0.1) is 5.06 Å². The van der Waals surface area contributed by atoms with Crippen LogP contribution in [0, 0.1) is 0 Å². The minimum Gasteiger partial charge on any atom is -0.370 e. The molecule has 1 saturated heterocycles. The van der Waals surface area contributed by atoms with E-state index in [2.05, 4.69) is 0 Å². The minimum atomic E-state index is -1.13. The molecular formula is C11H12N2O6. The number of aliphatic hydroxyl groups is 1. The smallest absolute Gasteiger partial charge is 0.334 e. The van der Waals surface area contributed by atoms with E-state index in [1.165, 1.54) is 0 Å². The highest BCUT2D eigenvalue weighted by molar-refractivity contribution is 6.12. The van der Waals surface area contributed by atoms with Gasteiger partial charge in [-0.1, -0.05) is 0 Å². The Morgan fingerprint density at radius 2 is 1.95 bits per heavy atom. The first kappa shape index (κ1) is 13.2. The Morgan fingerprint density at radius 1 is 1.32 bits per heavy atom. The zero-order valence-corrected chi connectivity index (χ0v) is 9.94. The molecule has 102 valence electrons. The summed E-state index contributed by atoms with van der Waals surface area (Å²) in [5.74, 6) is -2.25. The summed E-state index contributed by atoms with van der Waals surface area (Å²) in [6.07, 6.45) is 1.17. The maximum absolute atomic E-state index is 11.5. The summed E-state index contributed by atoms with van der Waals surface area (Å²) in [6.45, 7) is -0.123. The van der Waals surface area contributed by atoms with Crippen LogP contribution in [0.4, 0.5) is 0 Å². The van der Waals surface area contributed by atoms with Gasteiger partial charge in [0.25, 0.3) is 17.7 Å². The molecule has 0 radical (unpaired) electrons. The van der Waals surface area contributed by atoms with Gasteiger partial charge in [-0.05, 0) is 0 Å². The second kappa shape index (κ2) is 5.19. The zero-order chi connectivity index (χ0) is 14.0. The van der Waals surface area contributed by atoms with Crippen LogP contribution in [-0.2, 0) is 24.0 Å². The molecule has 0 aromatic rings.